The quantitative estimate of drug-likeness (QED) is 0.591. The van der Waals surface area contributed by atoms with Crippen LogP contribution in [0, 0.1) is 5.41 Å². The van der Waals surface area contributed by atoms with Gasteiger partial charge in [0.15, 0.2) is 0 Å². The summed E-state index contributed by atoms with van der Waals surface area (Å²) in [4.78, 5) is 15.8. The lowest BCUT2D eigenvalue weighted by Gasteiger charge is -2.35. The molecule has 1 aliphatic heterocycles. The Morgan fingerprint density at radius 1 is 0.958 bits per heavy atom. The van der Waals surface area contributed by atoms with Crippen LogP contribution in [-0.2, 0) is 11.0 Å². The lowest BCUT2D eigenvalue weighted by Crippen LogP contribution is -2.37. The summed E-state index contributed by atoms with van der Waals surface area (Å²) >= 11 is 1.37. The van der Waals surface area contributed by atoms with Crippen molar-refractivity contribution in [2.24, 2.45) is 5.41 Å². The van der Waals surface area contributed by atoms with E-state index in [1.807, 2.05) is 12.1 Å². The van der Waals surface area contributed by atoms with Crippen molar-refractivity contribution in [3.05, 3.63) is 48.0 Å². The van der Waals surface area contributed by atoms with Gasteiger partial charge < -0.3 is 0 Å². The van der Waals surface area contributed by atoms with E-state index >= 15 is 0 Å². The maximum atomic E-state index is 13.1. The lowest BCUT2D eigenvalue weighted by molar-refractivity contribution is -0.137. The second kappa shape index (κ2) is 5.55. The van der Waals surface area contributed by atoms with Crippen LogP contribution in [0.4, 0.5) is 24.5 Å². The molecule has 0 saturated carbocycles. The first-order valence-corrected chi connectivity index (χ1v) is 8.23. The summed E-state index contributed by atoms with van der Waals surface area (Å²) in [5, 5.41) is 0. The minimum absolute atomic E-state index is 0.240. The molecule has 6 heteroatoms. The number of halogens is 3. The number of hydrogen-bond donors (Lipinski definition) is 0. The highest BCUT2D eigenvalue weighted by Gasteiger charge is 2.37. The molecule has 2 aromatic rings. The zero-order valence-corrected chi connectivity index (χ0v) is 14.3. The van der Waals surface area contributed by atoms with Crippen LogP contribution in [0.25, 0.3) is 0 Å². The molecule has 0 saturated heterocycles. The van der Waals surface area contributed by atoms with E-state index in [-0.39, 0.29) is 11.6 Å². The van der Waals surface area contributed by atoms with Gasteiger partial charge in [-0.15, -0.1) is 0 Å². The van der Waals surface area contributed by atoms with Crippen molar-refractivity contribution in [3.8, 4) is 0 Å². The van der Waals surface area contributed by atoms with Crippen LogP contribution in [-0.4, -0.2) is 5.91 Å². The summed E-state index contributed by atoms with van der Waals surface area (Å²) in [6.07, 6.45) is -4.45. The molecule has 0 spiro atoms. The molecule has 0 fully saturated rings. The van der Waals surface area contributed by atoms with Crippen LogP contribution in [0.5, 0.6) is 0 Å². The van der Waals surface area contributed by atoms with Gasteiger partial charge in [-0.3, -0.25) is 9.69 Å². The standard InChI is InChI=1S/C18H16F3NOS/c1-17(2,3)16(23)22-12-6-4-5-7-14(12)24-15-9-8-11(10-13(15)22)18(19,20)21/h4-10H,1-3H3. The van der Waals surface area contributed by atoms with Crippen molar-refractivity contribution in [1.29, 1.82) is 0 Å². The molecule has 2 nitrogen and oxygen atoms in total. The van der Waals surface area contributed by atoms with E-state index in [9.17, 15) is 18.0 Å². The highest BCUT2D eigenvalue weighted by atomic mass is 32.2. The third-order valence-corrected chi connectivity index (χ3v) is 4.83. The van der Waals surface area contributed by atoms with Crippen LogP contribution >= 0.6 is 11.8 Å². The first kappa shape index (κ1) is 16.9. The monoisotopic (exact) mass is 351 g/mol. The Morgan fingerprint density at radius 2 is 1.58 bits per heavy atom. The molecule has 0 unspecified atom stereocenters. The van der Waals surface area contributed by atoms with Gasteiger partial charge >= 0.3 is 6.18 Å². The maximum Gasteiger partial charge on any atom is 0.416 e. The second-order valence-corrected chi connectivity index (χ2v) is 7.72. The van der Waals surface area contributed by atoms with E-state index in [1.165, 1.54) is 22.7 Å². The molecular weight excluding hydrogens is 335 g/mol. The van der Waals surface area contributed by atoms with Gasteiger partial charge in [0.1, 0.15) is 0 Å². The summed E-state index contributed by atoms with van der Waals surface area (Å²) in [7, 11) is 0. The number of benzene rings is 2. The molecule has 0 bridgehead atoms. The molecule has 0 atom stereocenters. The molecule has 3 rings (SSSR count). The average Bonchev–Trinajstić information content (AvgIpc) is 2.49. The average molecular weight is 351 g/mol. The van der Waals surface area contributed by atoms with Crippen molar-refractivity contribution >= 4 is 29.0 Å². The van der Waals surface area contributed by atoms with E-state index in [2.05, 4.69) is 0 Å². The summed E-state index contributed by atoms with van der Waals surface area (Å²) in [5.41, 5.74) is -0.573. The third kappa shape index (κ3) is 2.90. The number of hydrogen-bond acceptors (Lipinski definition) is 2. The predicted octanol–water partition coefficient (Wildman–Crippen LogP) is 5.88. The van der Waals surface area contributed by atoms with Gasteiger partial charge in [-0.25, -0.2) is 0 Å². The second-order valence-electron chi connectivity index (χ2n) is 6.64. The van der Waals surface area contributed by atoms with Crippen molar-refractivity contribution in [2.75, 3.05) is 4.90 Å². The van der Waals surface area contributed by atoms with Crippen molar-refractivity contribution < 1.29 is 18.0 Å². The zero-order chi connectivity index (χ0) is 17.7. The summed E-state index contributed by atoms with van der Waals surface area (Å²) in [6.45, 7) is 5.27. The molecule has 0 N–H and O–H groups in total. The van der Waals surface area contributed by atoms with E-state index in [4.69, 9.17) is 0 Å². The maximum absolute atomic E-state index is 13.1. The number of carbonyl (C=O) groups is 1. The van der Waals surface area contributed by atoms with Crippen molar-refractivity contribution in [1.82, 2.24) is 0 Å². The predicted molar refractivity (Wildman–Crippen MR) is 88.6 cm³/mol. The molecule has 1 heterocycles. The van der Waals surface area contributed by atoms with Gasteiger partial charge in [0.2, 0.25) is 5.91 Å². The van der Waals surface area contributed by atoms with Gasteiger partial charge in [-0.2, -0.15) is 13.2 Å². The summed E-state index contributed by atoms with van der Waals surface area (Å²) in [5.74, 6) is -0.240. The van der Waals surface area contributed by atoms with E-state index in [0.29, 0.717) is 10.6 Å². The smallest absolute Gasteiger partial charge is 0.278 e. The van der Waals surface area contributed by atoms with Gasteiger partial charge in [0.05, 0.1) is 16.9 Å². The number of alkyl halides is 3. The Bertz CT molecular complexity index is 809. The van der Waals surface area contributed by atoms with Crippen LogP contribution in [0.2, 0.25) is 0 Å². The number of fused-ring (bicyclic) bond motifs is 2. The minimum atomic E-state index is -4.45. The van der Waals surface area contributed by atoms with Crippen LogP contribution in [0.1, 0.15) is 26.3 Å². The molecule has 0 aromatic heterocycles. The highest BCUT2D eigenvalue weighted by Crippen LogP contribution is 2.50. The Labute approximate surface area is 142 Å². The molecule has 0 aliphatic carbocycles. The van der Waals surface area contributed by atoms with Crippen molar-refractivity contribution in [2.45, 2.75) is 36.7 Å². The number of amides is 1. The SMILES string of the molecule is CC(C)(C)C(=O)N1c2ccccc2Sc2ccc(C(F)(F)F)cc21. The molecule has 1 amide bonds. The normalized spacial score (nSPS) is 14.2. The van der Waals surface area contributed by atoms with Gasteiger partial charge in [0, 0.05) is 15.2 Å². The Balaban J connectivity index is 2.22. The number of anilines is 2. The molecular formula is C18H16F3NOS. The number of rotatable bonds is 0. The van der Waals surface area contributed by atoms with E-state index < -0.39 is 17.2 Å². The molecule has 0 radical (unpaired) electrons. The van der Waals surface area contributed by atoms with E-state index in [0.717, 1.165) is 17.0 Å². The first-order chi connectivity index (χ1) is 11.1. The third-order valence-electron chi connectivity index (χ3n) is 3.70. The summed E-state index contributed by atoms with van der Waals surface area (Å²) in [6, 6.07) is 10.8. The number of para-hydroxylation sites is 1. The fraction of sp³-hybridized carbons (Fsp3) is 0.278. The minimum Gasteiger partial charge on any atom is -0.278 e. The fourth-order valence-corrected chi connectivity index (χ4v) is 3.52. The van der Waals surface area contributed by atoms with E-state index in [1.54, 1.807) is 32.9 Å². The number of nitrogens with zero attached hydrogens (tertiary/aromatic N) is 1. The molecule has 24 heavy (non-hydrogen) atoms. The molecule has 1 aliphatic rings. The van der Waals surface area contributed by atoms with Crippen LogP contribution < -0.4 is 4.90 Å². The topological polar surface area (TPSA) is 20.3 Å². The highest BCUT2D eigenvalue weighted by molar-refractivity contribution is 7.99. The fourth-order valence-electron chi connectivity index (χ4n) is 2.49. The van der Waals surface area contributed by atoms with Crippen LogP contribution in [0.3, 0.4) is 0 Å². The number of carbonyl (C=O) groups excluding carboxylic acids is 1. The zero-order valence-electron chi connectivity index (χ0n) is 13.4. The Kier molecular flexibility index (Phi) is 3.91. The Hall–Kier alpha value is -1.95. The van der Waals surface area contributed by atoms with Crippen LogP contribution in [0.15, 0.2) is 52.3 Å². The Morgan fingerprint density at radius 3 is 2.21 bits per heavy atom. The van der Waals surface area contributed by atoms with Gasteiger partial charge in [-0.1, -0.05) is 44.7 Å². The van der Waals surface area contributed by atoms with Crippen molar-refractivity contribution in [3.63, 3.8) is 0 Å². The summed E-state index contributed by atoms with van der Waals surface area (Å²) < 4.78 is 39.3. The van der Waals surface area contributed by atoms with Gasteiger partial charge in [0.25, 0.3) is 0 Å². The largest absolute Gasteiger partial charge is 0.416 e. The van der Waals surface area contributed by atoms with Gasteiger partial charge in [-0.05, 0) is 30.3 Å². The lowest BCUT2D eigenvalue weighted by atomic mass is 9.93. The first-order valence-electron chi connectivity index (χ1n) is 7.42. The molecule has 2 aromatic carbocycles. The molecule has 126 valence electrons.